The largest absolute Gasteiger partial charge is 0.346 e. The molecule has 0 amide bonds. The zero-order valence-corrected chi connectivity index (χ0v) is 9.95. The van der Waals surface area contributed by atoms with Crippen molar-refractivity contribution >= 4 is 23.0 Å². The van der Waals surface area contributed by atoms with Crippen LogP contribution in [-0.4, -0.2) is 28.7 Å². The third-order valence-corrected chi connectivity index (χ3v) is 4.09. The SMILES string of the molecule is O=CC1CCCN(c2nc(C3CC3)ns2)C1. The van der Waals surface area contributed by atoms with Crippen molar-refractivity contribution in [1.29, 1.82) is 0 Å². The van der Waals surface area contributed by atoms with Gasteiger partial charge in [-0.2, -0.15) is 4.37 Å². The Morgan fingerprint density at radius 2 is 2.25 bits per heavy atom. The predicted octanol–water partition coefficient (Wildman–Crippen LogP) is 1.83. The molecule has 2 heterocycles. The molecule has 0 radical (unpaired) electrons. The minimum absolute atomic E-state index is 0.182. The van der Waals surface area contributed by atoms with E-state index in [1.807, 2.05) is 0 Å². The average molecular weight is 237 g/mol. The topological polar surface area (TPSA) is 46.1 Å². The zero-order valence-electron chi connectivity index (χ0n) is 9.13. The number of carbonyl (C=O) groups excluding carboxylic acids is 1. The highest BCUT2D eigenvalue weighted by Crippen LogP contribution is 2.40. The van der Waals surface area contributed by atoms with Gasteiger partial charge in [0.2, 0.25) is 5.13 Å². The lowest BCUT2D eigenvalue weighted by molar-refractivity contribution is -0.111. The first kappa shape index (κ1) is 10.2. The monoisotopic (exact) mass is 237 g/mol. The van der Waals surface area contributed by atoms with Gasteiger partial charge in [-0.15, -0.1) is 0 Å². The highest BCUT2D eigenvalue weighted by molar-refractivity contribution is 7.09. The normalized spacial score (nSPS) is 25.8. The molecule has 4 nitrogen and oxygen atoms in total. The number of nitrogens with zero attached hydrogens (tertiary/aromatic N) is 3. The summed E-state index contributed by atoms with van der Waals surface area (Å²) < 4.78 is 4.40. The van der Waals surface area contributed by atoms with E-state index in [1.165, 1.54) is 24.4 Å². The number of carbonyl (C=O) groups is 1. The minimum atomic E-state index is 0.182. The molecule has 1 aromatic rings. The summed E-state index contributed by atoms with van der Waals surface area (Å²) >= 11 is 1.49. The lowest BCUT2D eigenvalue weighted by atomic mass is 10.0. The predicted molar refractivity (Wildman–Crippen MR) is 62.9 cm³/mol. The average Bonchev–Trinajstić information content (AvgIpc) is 3.07. The molecule has 0 N–H and O–H groups in total. The van der Waals surface area contributed by atoms with Crippen molar-refractivity contribution in [1.82, 2.24) is 9.36 Å². The fraction of sp³-hybridized carbons (Fsp3) is 0.727. The maximum Gasteiger partial charge on any atom is 0.205 e. The molecule has 1 unspecified atom stereocenters. The van der Waals surface area contributed by atoms with E-state index in [0.717, 1.165) is 43.2 Å². The van der Waals surface area contributed by atoms with Gasteiger partial charge in [0.15, 0.2) is 0 Å². The number of piperidine rings is 1. The lowest BCUT2D eigenvalue weighted by Crippen LogP contribution is -2.35. The van der Waals surface area contributed by atoms with Crippen LogP contribution < -0.4 is 4.90 Å². The van der Waals surface area contributed by atoms with Gasteiger partial charge in [0.25, 0.3) is 0 Å². The molecule has 3 rings (SSSR count). The van der Waals surface area contributed by atoms with E-state index in [9.17, 15) is 4.79 Å². The zero-order chi connectivity index (χ0) is 11.0. The molecule has 2 fully saturated rings. The van der Waals surface area contributed by atoms with Crippen LogP contribution in [0.2, 0.25) is 0 Å². The molecule has 5 heteroatoms. The van der Waals surface area contributed by atoms with Gasteiger partial charge >= 0.3 is 0 Å². The molecule has 1 aliphatic heterocycles. The number of anilines is 1. The van der Waals surface area contributed by atoms with Crippen molar-refractivity contribution in [3.05, 3.63) is 5.82 Å². The smallest absolute Gasteiger partial charge is 0.205 e. The van der Waals surface area contributed by atoms with Gasteiger partial charge in [-0.1, -0.05) is 0 Å². The van der Waals surface area contributed by atoms with Crippen molar-refractivity contribution in [2.45, 2.75) is 31.6 Å². The maximum absolute atomic E-state index is 10.8. The van der Waals surface area contributed by atoms with Gasteiger partial charge in [0, 0.05) is 36.5 Å². The van der Waals surface area contributed by atoms with Crippen LogP contribution in [-0.2, 0) is 4.79 Å². The van der Waals surface area contributed by atoms with Crippen molar-refractivity contribution in [3.63, 3.8) is 0 Å². The van der Waals surface area contributed by atoms with Crippen LogP contribution >= 0.6 is 11.5 Å². The first-order valence-electron chi connectivity index (χ1n) is 5.90. The molecule has 1 saturated heterocycles. The van der Waals surface area contributed by atoms with E-state index in [2.05, 4.69) is 14.3 Å². The van der Waals surface area contributed by atoms with E-state index in [-0.39, 0.29) is 5.92 Å². The van der Waals surface area contributed by atoms with Crippen LogP contribution in [0, 0.1) is 5.92 Å². The number of hydrogen-bond acceptors (Lipinski definition) is 5. The molecule has 16 heavy (non-hydrogen) atoms. The van der Waals surface area contributed by atoms with Crippen LogP contribution in [0.15, 0.2) is 0 Å². The van der Waals surface area contributed by atoms with Crippen LogP contribution in [0.25, 0.3) is 0 Å². The highest BCUT2D eigenvalue weighted by Gasteiger charge is 2.29. The molecule has 1 aliphatic carbocycles. The molecule has 2 aliphatic rings. The van der Waals surface area contributed by atoms with Gasteiger partial charge in [-0.25, -0.2) is 4.98 Å². The van der Waals surface area contributed by atoms with E-state index >= 15 is 0 Å². The Hall–Kier alpha value is -0.970. The van der Waals surface area contributed by atoms with Gasteiger partial charge < -0.3 is 9.69 Å². The van der Waals surface area contributed by atoms with Crippen LogP contribution in [0.3, 0.4) is 0 Å². The molecule has 1 saturated carbocycles. The van der Waals surface area contributed by atoms with Crippen molar-refractivity contribution < 1.29 is 4.79 Å². The van der Waals surface area contributed by atoms with Crippen molar-refractivity contribution in [2.24, 2.45) is 5.92 Å². The quantitative estimate of drug-likeness (QED) is 0.752. The lowest BCUT2D eigenvalue weighted by Gasteiger charge is -2.29. The molecule has 1 atom stereocenters. The summed E-state index contributed by atoms with van der Waals surface area (Å²) in [6, 6.07) is 0. The Balaban J connectivity index is 1.72. The first-order valence-corrected chi connectivity index (χ1v) is 6.68. The van der Waals surface area contributed by atoms with Gasteiger partial charge in [-0.05, 0) is 25.7 Å². The molecule has 0 spiro atoms. The summed E-state index contributed by atoms with van der Waals surface area (Å²) in [6.07, 6.45) is 5.67. The van der Waals surface area contributed by atoms with Crippen LogP contribution in [0.4, 0.5) is 5.13 Å². The van der Waals surface area contributed by atoms with Crippen LogP contribution in [0.1, 0.15) is 37.4 Å². The maximum atomic E-state index is 10.8. The third kappa shape index (κ3) is 1.96. The standard InChI is InChI=1S/C11H15N3OS/c15-7-8-2-1-5-14(6-8)11-12-10(13-16-11)9-3-4-9/h7-9H,1-6H2. The Labute approximate surface area is 98.8 Å². The van der Waals surface area contributed by atoms with E-state index in [0.29, 0.717) is 5.92 Å². The summed E-state index contributed by atoms with van der Waals surface area (Å²) in [5.74, 6) is 1.83. The number of aldehydes is 1. The Kier molecular flexibility index (Phi) is 2.63. The van der Waals surface area contributed by atoms with E-state index in [1.54, 1.807) is 0 Å². The third-order valence-electron chi connectivity index (χ3n) is 3.29. The van der Waals surface area contributed by atoms with Crippen molar-refractivity contribution in [2.75, 3.05) is 18.0 Å². The second kappa shape index (κ2) is 4.13. The number of rotatable bonds is 3. The highest BCUT2D eigenvalue weighted by atomic mass is 32.1. The Morgan fingerprint density at radius 1 is 1.38 bits per heavy atom. The summed E-state index contributed by atoms with van der Waals surface area (Å²) in [7, 11) is 0. The molecule has 86 valence electrons. The van der Waals surface area contributed by atoms with E-state index in [4.69, 9.17) is 0 Å². The summed E-state index contributed by atoms with van der Waals surface area (Å²) in [5, 5.41) is 1.01. The second-order valence-corrected chi connectivity index (χ2v) is 5.42. The van der Waals surface area contributed by atoms with Crippen LogP contribution in [0.5, 0.6) is 0 Å². The molecular weight excluding hydrogens is 222 g/mol. The Bertz CT molecular complexity index is 388. The fourth-order valence-electron chi connectivity index (χ4n) is 2.16. The summed E-state index contributed by atoms with van der Waals surface area (Å²) in [4.78, 5) is 17.6. The molecular formula is C11H15N3OS. The van der Waals surface area contributed by atoms with Crippen molar-refractivity contribution in [3.8, 4) is 0 Å². The molecule has 1 aromatic heterocycles. The van der Waals surface area contributed by atoms with Gasteiger partial charge in [0.1, 0.15) is 12.1 Å². The Morgan fingerprint density at radius 3 is 3.00 bits per heavy atom. The van der Waals surface area contributed by atoms with Gasteiger partial charge in [-0.3, -0.25) is 0 Å². The number of hydrogen-bond donors (Lipinski definition) is 0. The first-order chi connectivity index (χ1) is 7.86. The molecule has 0 aromatic carbocycles. The minimum Gasteiger partial charge on any atom is -0.346 e. The molecule has 0 bridgehead atoms. The van der Waals surface area contributed by atoms with Gasteiger partial charge in [0.05, 0.1) is 0 Å². The van der Waals surface area contributed by atoms with E-state index < -0.39 is 0 Å². The second-order valence-electron chi connectivity index (χ2n) is 4.69. The summed E-state index contributed by atoms with van der Waals surface area (Å²) in [5.41, 5.74) is 0. The summed E-state index contributed by atoms with van der Waals surface area (Å²) in [6.45, 7) is 1.84. The number of aromatic nitrogens is 2. The fourth-order valence-corrected chi connectivity index (χ4v) is 2.94.